The maximum absolute atomic E-state index is 11.9. The zero-order valence-electron chi connectivity index (χ0n) is 10.9. The van der Waals surface area contributed by atoms with Crippen LogP contribution < -0.4 is 5.32 Å². The summed E-state index contributed by atoms with van der Waals surface area (Å²) in [5.41, 5.74) is -0.754. The number of imide groups is 1. The lowest BCUT2D eigenvalue weighted by Gasteiger charge is -2.16. The van der Waals surface area contributed by atoms with Gasteiger partial charge in [-0.05, 0) is 26.7 Å². The molecule has 2 fully saturated rings. The zero-order valence-corrected chi connectivity index (χ0v) is 11.7. The quantitative estimate of drug-likeness (QED) is 0.604. The molecule has 6 heteroatoms. The first-order valence-corrected chi connectivity index (χ1v) is 7.49. The number of urea groups is 1. The van der Waals surface area contributed by atoms with E-state index in [-0.39, 0.29) is 11.9 Å². The van der Waals surface area contributed by atoms with E-state index in [0.717, 1.165) is 31.0 Å². The van der Waals surface area contributed by atoms with Gasteiger partial charge >= 0.3 is 6.03 Å². The van der Waals surface area contributed by atoms with E-state index in [1.54, 1.807) is 25.6 Å². The predicted molar refractivity (Wildman–Crippen MR) is 70.6 cm³/mol. The van der Waals surface area contributed by atoms with Gasteiger partial charge in [-0.15, -0.1) is 0 Å². The molecule has 2 saturated heterocycles. The summed E-state index contributed by atoms with van der Waals surface area (Å²) in [6.45, 7) is 4.80. The molecular formula is C12H20N2O3S. The smallest absolute Gasteiger partial charge is 0.325 e. The van der Waals surface area contributed by atoms with Crippen molar-refractivity contribution >= 4 is 23.7 Å². The van der Waals surface area contributed by atoms with Crippen LogP contribution in [0.3, 0.4) is 0 Å². The van der Waals surface area contributed by atoms with Crippen molar-refractivity contribution in [2.24, 2.45) is 0 Å². The molecule has 0 saturated carbocycles. The minimum Gasteiger partial charge on any atom is -0.377 e. The maximum Gasteiger partial charge on any atom is 0.325 e. The Morgan fingerprint density at radius 2 is 2.28 bits per heavy atom. The summed E-state index contributed by atoms with van der Waals surface area (Å²) in [6.07, 6.45) is 2.63. The molecule has 0 aromatic heterocycles. The third kappa shape index (κ3) is 2.98. The number of nitrogens with one attached hydrogen (secondary N) is 1. The highest BCUT2D eigenvalue weighted by molar-refractivity contribution is 7.99. The first kappa shape index (κ1) is 13.7. The lowest BCUT2D eigenvalue weighted by atomic mass is 10.1. The van der Waals surface area contributed by atoms with Gasteiger partial charge in [0.15, 0.2) is 0 Å². The van der Waals surface area contributed by atoms with Gasteiger partial charge < -0.3 is 10.1 Å². The highest BCUT2D eigenvalue weighted by Crippen LogP contribution is 2.19. The summed E-state index contributed by atoms with van der Waals surface area (Å²) in [4.78, 5) is 24.8. The molecule has 2 aliphatic heterocycles. The Labute approximate surface area is 112 Å². The van der Waals surface area contributed by atoms with Crippen molar-refractivity contribution < 1.29 is 14.3 Å². The van der Waals surface area contributed by atoms with Crippen LogP contribution in [0, 0.1) is 0 Å². The van der Waals surface area contributed by atoms with Crippen LogP contribution in [0.15, 0.2) is 0 Å². The van der Waals surface area contributed by atoms with Crippen molar-refractivity contribution in [2.45, 2.75) is 38.3 Å². The monoisotopic (exact) mass is 272 g/mol. The van der Waals surface area contributed by atoms with Crippen LogP contribution in [-0.2, 0) is 9.53 Å². The molecule has 5 nitrogen and oxygen atoms in total. The van der Waals surface area contributed by atoms with E-state index in [4.69, 9.17) is 4.74 Å². The fraction of sp³-hybridized carbons (Fsp3) is 0.833. The van der Waals surface area contributed by atoms with E-state index in [0.29, 0.717) is 12.6 Å². The molecular weight excluding hydrogens is 252 g/mol. The van der Waals surface area contributed by atoms with Crippen LogP contribution in [0.4, 0.5) is 4.79 Å². The summed E-state index contributed by atoms with van der Waals surface area (Å²) in [6, 6.07) is -0.275. The van der Waals surface area contributed by atoms with Crippen molar-refractivity contribution in [1.82, 2.24) is 10.2 Å². The molecule has 0 aromatic carbocycles. The minimum atomic E-state index is -0.754. The number of amides is 3. The van der Waals surface area contributed by atoms with Gasteiger partial charge in [0, 0.05) is 24.7 Å². The fourth-order valence-electron chi connectivity index (χ4n) is 2.17. The molecule has 2 heterocycles. The fourth-order valence-corrected chi connectivity index (χ4v) is 3.17. The summed E-state index contributed by atoms with van der Waals surface area (Å²) < 4.78 is 5.52. The second kappa shape index (κ2) is 5.48. The Kier molecular flexibility index (Phi) is 4.17. The molecule has 0 spiro atoms. The number of thioether (sulfide) groups is 1. The van der Waals surface area contributed by atoms with E-state index in [1.165, 1.54) is 4.90 Å². The van der Waals surface area contributed by atoms with Gasteiger partial charge in [0.25, 0.3) is 5.91 Å². The van der Waals surface area contributed by atoms with Crippen molar-refractivity contribution in [2.75, 3.05) is 24.7 Å². The normalized spacial score (nSPS) is 26.8. The molecule has 0 bridgehead atoms. The van der Waals surface area contributed by atoms with Gasteiger partial charge in [-0.25, -0.2) is 4.79 Å². The van der Waals surface area contributed by atoms with E-state index in [9.17, 15) is 9.59 Å². The van der Waals surface area contributed by atoms with E-state index in [2.05, 4.69) is 5.32 Å². The van der Waals surface area contributed by atoms with Crippen LogP contribution in [0.25, 0.3) is 0 Å². The average molecular weight is 272 g/mol. The zero-order chi connectivity index (χ0) is 13.2. The molecule has 1 N–H and O–H groups in total. The second-order valence-electron chi connectivity index (χ2n) is 5.22. The van der Waals surface area contributed by atoms with Crippen LogP contribution >= 0.6 is 11.8 Å². The van der Waals surface area contributed by atoms with Gasteiger partial charge in [0.1, 0.15) is 5.54 Å². The summed E-state index contributed by atoms with van der Waals surface area (Å²) in [7, 11) is 0. The number of carbonyl (C=O) groups excluding carboxylic acids is 2. The molecule has 0 aromatic rings. The van der Waals surface area contributed by atoms with Crippen LogP contribution in [-0.4, -0.2) is 53.1 Å². The highest BCUT2D eigenvalue weighted by Gasteiger charge is 2.43. The lowest BCUT2D eigenvalue weighted by Crippen LogP contribution is -2.40. The van der Waals surface area contributed by atoms with Crippen LogP contribution in [0.2, 0.25) is 0 Å². The van der Waals surface area contributed by atoms with Crippen molar-refractivity contribution in [3.05, 3.63) is 0 Å². The van der Waals surface area contributed by atoms with Gasteiger partial charge in [-0.2, -0.15) is 11.8 Å². The van der Waals surface area contributed by atoms with Crippen molar-refractivity contribution in [3.63, 3.8) is 0 Å². The topological polar surface area (TPSA) is 58.6 Å². The van der Waals surface area contributed by atoms with Gasteiger partial charge in [-0.1, -0.05) is 0 Å². The van der Waals surface area contributed by atoms with Crippen molar-refractivity contribution in [3.8, 4) is 0 Å². The van der Waals surface area contributed by atoms with E-state index in [1.807, 2.05) is 0 Å². The molecule has 102 valence electrons. The standard InChI is InChI=1S/C12H20N2O3S/c1-12(2)10(15)14(11(16)13-12)5-7-18-8-9-4-3-6-17-9/h9H,3-8H2,1-2H3,(H,13,16)/t9-/m0/s1. The largest absolute Gasteiger partial charge is 0.377 e. The number of nitrogens with zero attached hydrogens (tertiary/aromatic N) is 1. The Hall–Kier alpha value is -0.750. The van der Waals surface area contributed by atoms with Gasteiger partial charge in [-0.3, -0.25) is 9.69 Å². The molecule has 0 aliphatic carbocycles. The number of ether oxygens (including phenoxy) is 1. The molecule has 0 radical (unpaired) electrons. The number of hydrogen-bond donors (Lipinski definition) is 1. The Bertz CT molecular complexity index is 340. The summed E-state index contributed by atoms with van der Waals surface area (Å²) in [5, 5.41) is 2.68. The molecule has 2 aliphatic rings. The van der Waals surface area contributed by atoms with Crippen LogP contribution in [0.5, 0.6) is 0 Å². The highest BCUT2D eigenvalue weighted by atomic mass is 32.2. The van der Waals surface area contributed by atoms with Gasteiger partial charge in [0.2, 0.25) is 0 Å². The average Bonchev–Trinajstić information content (AvgIpc) is 2.85. The van der Waals surface area contributed by atoms with Gasteiger partial charge in [0.05, 0.1) is 6.10 Å². The Balaban J connectivity index is 1.70. The van der Waals surface area contributed by atoms with Crippen LogP contribution in [0.1, 0.15) is 26.7 Å². The molecule has 1 atom stereocenters. The minimum absolute atomic E-state index is 0.134. The lowest BCUT2D eigenvalue weighted by molar-refractivity contribution is -0.130. The van der Waals surface area contributed by atoms with E-state index < -0.39 is 5.54 Å². The third-order valence-corrected chi connectivity index (χ3v) is 4.31. The number of hydrogen-bond acceptors (Lipinski definition) is 4. The third-order valence-electron chi connectivity index (χ3n) is 3.23. The Morgan fingerprint density at radius 3 is 2.83 bits per heavy atom. The first-order chi connectivity index (χ1) is 8.50. The SMILES string of the molecule is CC1(C)NC(=O)N(CCSC[C@@H]2CCCO2)C1=O. The molecule has 3 amide bonds. The van der Waals surface area contributed by atoms with Crippen molar-refractivity contribution in [1.29, 1.82) is 0 Å². The van der Waals surface area contributed by atoms with E-state index >= 15 is 0 Å². The second-order valence-corrected chi connectivity index (χ2v) is 6.37. The number of carbonyl (C=O) groups is 2. The molecule has 2 rings (SSSR count). The Morgan fingerprint density at radius 1 is 1.50 bits per heavy atom. The summed E-state index contributed by atoms with van der Waals surface area (Å²) in [5.74, 6) is 1.59. The number of rotatable bonds is 5. The maximum atomic E-state index is 11.9. The molecule has 0 unspecified atom stereocenters. The predicted octanol–water partition coefficient (Wildman–Crippen LogP) is 1.23. The first-order valence-electron chi connectivity index (χ1n) is 6.34. The summed E-state index contributed by atoms with van der Waals surface area (Å²) >= 11 is 1.74. The molecule has 18 heavy (non-hydrogen) atoms.